The minimum Gasteiger partial charge on any atom is -0.479 e. The lowest BCUT2D eigenvalue weighted by atomic mass is 10.0. The van der Waals surface area contributed by atoms with E-state index in [2.05, 4.69) is 26.0 Å². The molecule has 3 heterocycles. The van der Waals surface area contributed by atoms with E-state index in [-0.39, 0.29) is 42.9 Å². The molecule has 2 aliphatic heterocycles. The number of carboxylic acid groups (broad SMARTS) is 1. The second-order valence-corrected chi connectivity index (χ2v) is 13.9. The molecule has 0 bridgehead atoms. The van der Waals surface area contributed by atoms with Crippen LogP contribution in [0.25, 0.3) is 11.4 Å². The number of hydrogen-bond acceptors (Lipinski definition) is 9. The highest BCUT2D eigenvalue weighted by Gasteiger charge is 2.61. The third-order valence-corrected chi connectivity index (χ3v) is 8.81. The topological polar surface area (TPSA) is 172 Å². The molecule has 14 nitrogen and oxygen atoms in total. The van der Waals surface area contributed by atoms with Crippen molar-refractivity contribution in [2.45, 2.75) is 95.0 Å². The van der Waals surface area contributed by atoms with E-state index in [0.29, 0.717) is 12.8 Å². The number of aromatic nitrogens is 4. The summed E-state index contributed by atoms with van der Waals surface area (Å²) in [6.07, 6.45) is 6.30. The first-order valence-corrected chi connectivity index (χ1v) is 16.1. The molecule has 1 saturated carbocycles. The third-order valence-electron chi connectivity index (χ3n) is 8.81. The van der Waals surface area contributed by atoms with E-state index in [4.69, 9.17) is 4.74 Å². The fraction of sp³-hybridized carbons (Fsp3) is 0.594. The highest BCUT2D eigenvalue weighted by atomic mass is 19.1. The molecule has 0 radical (unpaired) electrons. The molecule has 5 atom stereocenters. The number of rotatable bonds is 5. The SMILES string of the molecule is CN(C)c1c(F)cc(-c2nnn(C3C[C@H]4C(=O)N[C@@]5(C(=O)O)C[C@@H]5/C=C\CCCCC[C@@H](NC(=O)OC(C)(C)C)C(=O)N4C3)n2)cc1F. The van der Waals surface area contributed by atoms with Crippen LogP contribution in [0.2, 0.25) is 0 Å². The Kier molecular flexibility index (Phi) is 9.74. The van der Waals surface area contributed by atoms with Gasteiger partial charge in [-0.3, -0.25) is 9.59 Å². The number of allylic oxidation sites excluding steroid dienone is 1. The van der Waals surface area contributed by atoms with Crippen LogP contribution in [0.1, 0.15) is 71.8 Å². The van der Waals surface area contributed by atoms with Gasteiger partial charge in [-0.2, -0.15) is 4.80 Å². The number of hydrogen-bond donors (Lipinski definition) is 3. The number of nitrogens with one attached hydrogen (secondary N) is 2. The normalized spacial score (nSPS) is 27.1. The van der Waals surface area contributed by atoms with E-state index in [9.17, 15) is 33.1 Å². The number of ether oxygens (including phenoxy) is 1. The Morgan fingerprint density at radius 2 is 1.85 bits per heavy atom. The van der Waals surface area contributed by atoms with Crippen molar-refractivity contribution in [2.75, 3.05) is 25.5 Å². The first-order chi connectivity index (χ1) is 22.6. The zero-order valence-corrected chi connectivity index (χ0v) is 27.7. The Labute approximate surface area is 276 Å². The van der Waals surface area contributed by atoms with Crippen molar-refractivity contribution in [1.29, 1.82) is 0 Å². The van der Waals surface area contributed by atoms with Gasteiger partial charge in [0.05, 0.1) is 6.04 Å². The number of aliphatic carboxylic acids is 1. The summed E-state index contributed by atoms with van der Waals surface area (Å²) in [4.78, 5) is 57.0. The van der Waals surface area contributed by atoms with Gasteiger partial charge in [-0.1, -0.05) is 25.0 Å². The van der Waals surface area contributed by atoms with Crippen molar-refractivity contribution >= 4 is 29.6 Å². The second kappa shape index (κ2) is 13.5. The predicted molar refractivity (Wildman–Crippen MR) is 169 cm³/mol. The lowest BCUT2D eigenvalue weighted by molar-refractivity contribution is -0.145. The summed E-state index contributed by atoms with van der Waals surface area (Å²) >= 11 is 0. The zero-order chi connectivity index (χ0) is 35.0. The minimum absolute atomic E-state index is 0.00890. The van der Waals surface area contributed by atoms with Crippen LogP contribution in [0.5, 0.6) is 0 Å². The molecular formula is C32H42F2N8O6. The van der Waals surface area contributed by atoms with Crippen molar-refractivity contribution in [1.82, 2.24) is 35.7 Å². The molecule has 1 aromatic heterocycles. The molecule has 0 spiro atoms. The Hall–Kier alpha value is -4.63. The summed E-state index contributed by atoms with van der Waals surface area (Å²) < 4.78 is 34.9. The quantitative estimate of drug-likeness (QED) is 0.401. The van der Waals surface area contributed by atoms with Crippen LogP contribution in [0.4, 0.5) is 19.3 Å². The van der Waals surface area contributed by atoms with E-state index < -0.39 is 70.7 Å². The minimum atomic E-state index is -1.50. The molecule has 1 aliphatic carbocycles. The summed E-state index contributed by atoms with van der Waals surface area (Å²) in [6.45, 7) is 5.02. The Morgan fingerprint density at radius 3 is 2.50 bits per heavy atom. The number of alkyl carbamates (subject to hydrolysis) is 1. The molecule has 2 aromatic rings. The first kappa shape index (κ1) is 34.7. The van der Waals surface area contributed by atoms with Gasteiger partial charge in [0.1, 0.15) is 40.5 Å². The lowest BCUT2D eigenvalue weighted by Gasteiger charge is -2.30. The van der Waals surface area contributed by atoms with Crippen molar-refractivity contribution < 1.29 is 37.8 Å². The number of carbonyl (C=O) groups excluding carboxylic acids is 3. The highest BCUT2D eigenvalue weighted by Crippen LogP contribution is 2.45. The molecule has 3 aliphatic rings. The smallest absolute Gasteiger partial charge is 0.408 e. The van der Waals surface area contributed by atoms with Gasteiger partial charge in [-0.15, -0.1) is 10.2 Å². The van der Waals surface area contributed by atoms with E-state index >= 15 is 0 Å². The van der Waals surface area contributed by atoms with E-state index in [1.807, 2.05) is 12.2 Å². The standard InChI is InChI=1S/C32H42F2N8O6/c1-31(2,3)48-30(47)35-23-12-10-8-6-7-9-11-19-16-32(19,29(45)46)36-27(43)24-15-20(17-41(24)28(23)44)42-38-26(37-39-42)18-13-21(33)25(40(4)5)22(34)14-18/h9,11,13-14,19-20,23-24H,6-8,10,12,15-17H2,1-5H3,(H,35,47)(H,36,43)(H,45,46)/b11-9-/t19-,20?,23+,24-,32-/m0/s1. The molecular weight excluding hydrogens is 630 g/mol. The number of anilines is 1. The van der Waals surface area contributed by atoms with Crippen LogP contribution in [-0.4, -0.2) is 98.0 Å². The van der Waals surface area contributed by atoms with E-state index in [0.717, 1.165) is 25.0 Å². The fourth-order valence-corrected chi connectivity index (χ4v) is 6.31. The number of fused-ring (bicyclic) bond motifs is 2. The van der Waals surface area contributed by atoms with Crippen molar-refractivity contribution in [3.63, 3.8) is 0 Å². The van der Waals surface area contributed by atoms with E-state index in [1.54, 1.807) is 20.8 Å². The van der Waals surface area contributed by atoms with Gasteiger partial charge >= 0.3 is 12.1 Å². The van der Waals surface area contributed by atoms with Crippen LogP contribution < -0.4 is 15.5 Å². The number of carboxylic acids is 1. The molecule has 3 amide bonds. The van der Waals surface area contributed by atoms with Gasteiger partial charge in [-0.25, -0.2) is 18.4 Å². The molecule has 5 rings (SSSR count). The Balaban J connectivity index is 1.45. The number of amides is 3. The number of carbonyl (C=O) groups is 4. The number of tetrazole rings is 1. The molecule has 1 saturated heterocycles. The number of nitrogens with zero attached hydrogens (tertiary/aromatic N) is 6. The fourth-order valence-electron chi connectivity index (χ4n) is 6.31. The summed E-state index contributed by atoms with van der Waals surface area (Å²) in [7, 11) is 3.02. The van der Waals surface area contributed by atoms with E-state index in [1.165, 1.54) is 28.7 Å². The van der Waals surface area contributed by atoms with Crippen LogP contribution in [0.3, 0.4) is 0 Å². The average Bonchev–Trinajstić information content (AvgIpc) is 3.30. The molecule has 1 unspecified atom stereocenters. The summed E-state index contributed by atoms with van der Waals surface area (Å²) in [5.41, 5.74) is -2.50. The van der Waals surface area contributed by atoms with Crippen molar-refractivity contribution in [3.8, 4) is 11.4 Å². The lowest BCUT2D eigenvalue weighted by Crippen LogP contribution is -2.56. The van der Waals surface area contributed by atoms with Crippen LogP contribution in [-0.2, 0) is 19.1 Å². The Morgan fingerprint density at radius 1 is 1.15 bits per heavy atom. The molecule has 2 fully saturated rings. The van der Waals surface area contributed by atoms with Gasteiger partial charge in [-0.05, 0) is 63.8 Å². The van der Waals surface area contributed by atoms with Gasteiger partial charge in [0.2, 0.25) is 17.6 Å². The molecule has 3 N–H and O–H groups in total. The van der Waals surface area contributed by atoms with Crippen molar-refractivity contribution in [3.05, 3.63) is 35.9 Å². The predicted octanol–water partition coefficient (Wildman–Crippen LogP) is 3.20. The Bertz CT molecular complexity index is 1580. The molecule has 260 valence electrons. The van der Waals surface area contributed by atoms with Crippen LogP contribution >= 0.6 is 0 Å². The highest BCUT2D eigenvalue weighted by molar-refractivity contribution is 5.96. The van der Waals surface area contributed by atoms with Crippen LogP contribution in [0.15, 0.2) is 24.3 Å². The molecule has 48 heavy (non-hydrogen) atoms. The third kappa shape index (κ3) is 7.41. The molecule has 1 aromatic carbocycles. The molecule has 16 heteroatoms. The first-order valence-electron chi connectivity index (χ1n) is 16.1. The summed E-state index contributed by atoms with van der Waals surface area (Å²) in [6, 6.07) is -0.696. The zero-order valence-electron chi connectivity index (χ0n) is 27.7. The van der Waals surface area contributed by atoms with Gasteiger partial charge in [0.25, 0.3) is 0 Å². The van der Waals surface area contributed by atoms with Crippen molar-refractivity contribution in [2.24, 2.45) is 5.92 Å². The average molecular weight is 673 g/mol. The summed E-state index contributed by atoms with van der Waals surface area (Å²) in [5, 5.41) is 27.8. The van der Waals surface area contributed by atoms with Gasteiger partial charge < -0.3 is 30.3 Å². The van der Waals surface area contributed by atoms with Gasteiger partial charge in [0, 0.05) is 38.5 Å². The summed E-state index contributed by atoms with van der Waals surface area (Å²) in [5.74, 6) is -4.48. The maximum absolute atomic E-state index is 14.7. The van der Waals surface area contributed by atoms with Gasteiger partial charge in [0.15, 0.2) is 0 Å². The van der Waals surface area contributed by atoms with Crippen LogP contribution in [0, 0.1) is 17.6 Å². The number of benzene rings is 1. The maximum Gasteiger partial charge on any atom is 0.408 e. The second-order valence-electron chi connectivity index (χ2n) is 13.9. The maximum atomic E-state index is 14.7. The monoisotopic (exact) mass is 672 g/mol. The largest absolute Gasteiger partial charge is 0.479 e. The number of halogens is 2.